The second kappa shape index (κ2) is 6.19. The summed E-state index contributed by atoms with van der Waals surface area (Å²) in [5, 5.41) is 1.12. The van der Waals surface area contributed by atoms with Crippen molar-refractivity contribution in [3.05, 3.63) is 60.1 Å². The van der Waals surface area contributed by atoms with Crippen LogP contribution < -0.4 is 4.90 Å². The molecule has 2 heterocycles. The quantitative estimate of drug-likeness (QED) is 0.645. The average molecular weight is 301 g/mol. The summed E-state index contributed by atoms with van der Waals surface area (Å²) in [6.45, 7) is 3.67. The minimum absolute atomic E-state index is 0.480. The van der Waals surface area contributed by atoms with Crippen LogP contribution in [0.1, 0.15) is 18.2 Å². The Kier molecular flexibility index (Phi) is 4.11. The lowest BCUT2D eigenvalue weighted by Gasteiger charge is -2.22. The normalized spacial score (nSPS) is 11.0. The van der Waals surface area contributed by atoms with Gasteiger partial charge in [0.2, 0.25) is 0 Å². The first-order valence-electron chi connectivity index (χ1n) is 7.03. The van der Waals surface area contributed by atoms with E-state index in [1.807, 2.05) is 30.3 Å². The lowest BCUT2D eigenvalue weighted by molar-refractivity contribution is 0.503. The standard InChI is InChI=1S/C17H17ClN2O/c1-2-20(12-14-6-5-9-21-14)17-10-13(11-18)15-7-3-4-8-16(15)19-17/h3-10H,2,11-12H2,1H3. The van der Waals surface area contributed by atoms with Gasteiger partial charge in [-0.1, -0.05) is 18.2 Å². The minimum atomic E-state index is 0.480. The molecule has 1 aromatic carbocycles. The van der Waals surface area contributed by atoms with Gasteiger partial charge in [0.25, 0.3) is 0 Å². The predicted molar refractivity (Wildman–Crippen MR) is 86.7 cm³/mol. The van der Waals surface area contributed by atoms with E-state index >= 15 is 0 Å². The number of furan rings is 1. The fraction of sp³-hybridized carbons (Fsp3) is 0.235. The first-order valence-corrected chi connectivity index (χ1v) is 7.57. The first kappa shape index (κ1) is 14.0. The van der Waals surface area contributed by atoms with Gasteiger partial charge in [-0.05, 0) is 36.8 Å². The zero-order valence-corrected chi connectivity index (χ0v) is 12.7. The number of pyridine rings is 1. The van der Waals surface area contributed by atoms with Gasteiger partial charge in [-0.15, -0.1) is 11.6 Å². The van der Waals surface area contributed by atoms with Crippen LogP contribution in [0.25, 0.3) is 10.9 Å². The summed E-state index contributed by atoms with van der Waals surface area (Å²) in [5.74, 6) is 2.34. The Morgan fingerprint density at radius 3 is 2.76 bits per heavy atom. The maximum absolute atomic E-state index is 6.10. The van der Waals surface area contributed by atoms with E-state index in [9.17, 15) is 0 Å². The van der Waals surface area contributed by atoms with Crippen molar-refractivity contribution in [3.63, 3.8) is 0 Å². The molecule has 0 N–H and O–H groups in total. The highest BCUT2D eigenvalue weighted by Crippen LogP contribution is 2.25. The Balaban J connectivity index is 2.01. The second-order valence-corrected chi connectivity index (χ2v) is 5.15. The maximum Gasteiger partial charge on any atom is 0.129 e. The van der Waals surface area contributed by atoms with E-state index < -0.39 is 0 Å². The van der Waals surface area contributed by atoms with Gasteiger partial charge in [0.15, 0.2) is 0 Å². The number of para-hydroxylation sites is 1. The van der Waals surface area contributed by atoms with Crippen LogP contribution in [0.4, 0.5) is 5.82 Å². The molecule has 108 valence electrons. The van der Waals surface area contributed by atoms with E-state index in [1.54, 1.807) is 6.26 Å². The van der Waals surface area contributed by atoms with Gasteiger partial charge in [-0.3, -0.25) is 0 Å². The molecule has 3 aromatic rings. The molecule has 2 aromatic heterocycles. The summed E-state index contributed by atoms with van der Waals surface area (Å²) in [7, 11) is 0. The second-order valence-electron chi connectivity index (χ2n) is 4.88. The van der Waals surface area contributed by atoms with Gasteiger partial charge >= 0.3 is 0 Å². The molecule has 0 bridgehead atoms. The molecule has 0 amide bonds. The summed E-state index contributed by atoms with van der Waals surface area (Å²) in [5.41, 5.74) is 2.08. The molecule has 3 nitrogen and oxygen atoms in total. The largest absolute Gasteiger partial charge is 0.467 e. The third kappa shape index (κ3) is 2.88. The van der Waals surface area contributed by atoms with Crippen molar-refractivity contribution in [2.45, 2.75) is 19.3 Å². The van der Waals surface area contributed by atoms with Crippen molar-refractivity contribution in [3.8, 4) is 0 Å². The van der Waals surface area contributed by atoms with Crippen molar-refractivity contribution >= 4 is 28.3 Å². The molecule has 0 atom stereocenters. The van der Waals surface area contributed by atoms with E-state index in [0.717, 1.165) is 34.6 Å². The zero-order valence-electron chi connectivity index (χ0n) is 11.9. The number of halogens is 1. The van der Waals surface area contributed by atoms with E-state index in [2.05, 4.69) is 24.0 Å². The number of anilines is 1. The van der Waals surface area contributed by atoms with E-state index in [1.165, 1.54) is 0 Å². The minimum Gasteiger partial charge on any atom is -0.467 e. The van der Waals surface area contributed by atoms with E-state index in [-0.39, 0.29) is 0 Å². The summed E-state index contributed by atoms with van der Waals surface area (Å²) in [6, 6.07) is 14.1. The molecular formula is C17H17ClN2O. The van der Waals surface area contributed by atoms with Gasteiger partial charge in [-0.2, -0.15) is 0 Å². The van der Waals surface area contributed by atoms with Gasteiger partial charge in [0.1, 0.15) is 11.6 Å². The molecular weight excluding hydrogens is 284 g/mol. The molecule has 0 fully saturated rings. The predicted octanol–water partition coefficient (Wildman–Crippen LogP) is 4.59. The Bertz CT molecular complexity index is 725. The lowest BCUT2D eigenvalue weighted by atomic mass is 10.1. The topological polar surface area (TPSA) is 29.3 Å². The SMILES string of the molecule is CCN(Cc1ccco1)c1cc(CCl)c2ccccc2n1. The number of hydrogen-bond donors (Lipinski definition) is 0. The zero-order chi connectivity index (χ0) is 14.7. The molecule has 4 heteroatoms. The molecule has 0 aliphatic carbocycles. The average Bonchev–Trinajstić information content (AvgIpc) is 3.04. The number of nitrogens with zero attached hydrogens (tertiary/aromatic N) is 2. The highest BCUT2D eigenvalue weighted by Gasteiger charge is 2.12. The van der Waals surface area contributed by atoms with Crippen LogP contribution in [-0.2, 0) is 12.4 Å². The van der Waals surface area contributed by atoms with E-state index in [0.29, 0.717) is 12.4 Å². The number of fused-ring (bicyclic) bond motifs is 1. The Morgan fingerprint density at radius 2 is 2.05 bits per heavy atom. The number of hydrogen-bond acceptors (Lipinski definition) is 3. The molecule has 0 saturated heterocycles. The lowest BCUT2D eigenvalue weighted by Crippen LogP contribution is -2.23. The molecule has 21 heavy (non-hydrogen) atoms. The van der Waals surface area contributed by atoms with Crippen molar-refractivity contribution in [2.24, 2.45) is 0 Å². The summed E-state index contributed by atoms with van der Waals surface area (Å²) >= 11 is 6.10. The van der Waals surface area contributed by atoms with Gasteiger partial charge in [0.05, 0.1) is 18.3 Å². The summed E-state index contributed by atoms with van der Waals surface area (Å²) in [4.78, 5) is 6.94. The molecule has 0 radical (unpaired) electrons. The molecule has 0 aliphatic heterocycles. The Labute approximate surface area is 129 Å². The van der Waals surface area contributed by atoms with Crippen molar-refractivity contribution in [1.82, 2.24) is 4.98 Å². The van der Waals surface area contributed by atoms with Gasteiger partial charge in [-0.25, -0.2) is 4.98 Å². The van der Waals surface area contributed by atoms with Crippen LogP contribution >= 0.6 is 11.6 Å². The molecule has 0 aliphatic rings. The van der Waals surface area contributed by atoms with Crippen molar-refractivity contribution in [1.29, 1.82) is 0 Å². The third-order valence-corrected chi connectivity index (χ3v) is 3.85. The Hall–Kier alpha value is -2.00. The van der Waals surface area contributed by atoms with Crippen LogP contribution in [0, 0.1) is 0 Å². The van der Waals surface area contributed by atoms with Crippen LogP contribution in [-0.4, -0.2) is 11.5 Å². The summed E-state index contributed by atoms with van der Waals surface area (Å²) in [6.07, 6.45) is 1.70. The number of rotatable bonds is 5. The fourth-order valence-corrected chi connectivity index (χ4v) is 2.67. The Morgan fingerprint density at radius 1 is 1.19 bits per heavy atom. The van der Waals surface area contributed by atoms with Crippen LogP contribution in [0.3, 0.4) is 0 Å². The van der Waals surface area contributed by atoms with Crippen molar-refractivity contribution < 1.29 is 4.42 Å². The highest BCUT2D eigenvalue weighted by molar-refractivity contribution is 6.18. The van der Waals surface area contributed by atoms with Crippen molar-refractivity contribution in [2.75, 3.05) is 11.4 Å². The van der Waals surface area contributed by atoms with Crippen LogP contribution in [0.15, 0.2) is 53.1 Å². The van der Waals surface area contributed by atoms with Crippen LogP contribution in [0.2, 0.25) is 0 Å². The van der Waals surface area contributed by atoms with Gasteiger partial charge in [0, 0.05) is 17.8 Å². The third-order valence-electron chi connectivity index (χ3n) is 3.56. The molecule has 0 saturated carbocycles. The van der Waals surface area contributed by atoms with E-state index in [4.69, 9.17) is 21.0 Å². The smallest absolute Gasteiger partial charge is 0.129 e. The monoisotopic (exact) mass is 300 g/mol. The molecule has 0 unspecified atom stereocenters. The number of alkyl halides is 1. The maximum atomic E-state index is 6.10. The molecule has 0 spiro atoms. The number of aromatic nitrogens is 1. The van der Waals surface area contributed by atoms with Crippen LogP contribution in [0.5, 0.6) is 0 Å². The molecule has 3 rings (SSSR count). The summed E-state index contributed by atoms with van der Waals surface area (Å²) < 4.78 is 5.44. The first-order chi connectivity index (χ1) is 10.3. The number of benzene rings is 1. The fourth-order valence-electron chi connectivity index (χ4n) is 2.45. The highest BCUT2D eigenvalue weighted by atomic mass is 35.5. The van der Waals surface area contributed by atoms with Gasteiger partial charge < -0.3 is 9.32 Å².